The zero-order chi connectivity index (χ0) is 16.9. The van der Waals surface area contributed by atoms with E-state index in [0.29, 0.717) is 24.4 Å². The van der Waals surface area contributed by atoms with Crippen molar-refractivity contribution in [2.75, 3.05) is 13.2 Å². The Bertz CT molecular complexity index is 710. The van der Waals surface area contributed by atoms with E-state index in [9.17, 15) is 9.59 Å². The molecule has 2 aromatic rings. The molecule has 7 nitrogen and oxygen atoms in total. The summed E-state index contributed by atoms with van der Waals surface area (Å²) in [5, 5.41) is 8.22. The molecule has 1 aliphatic rings. The number of carbonyl (C=O) groups excluding carboxylic acids is 2. The molecule has 0 bridgehead atoms. The van der Waals surface area contributed by atoms with Crippen molar-refractivity contribution in [2.24, 2.45) is 0 Å². The first-order valence-corrected chi connectivity index (χ1v) is 8.13. The van der Waals surface area contributed by atoms with Crippen LogP contribution in [0.3, 0.4) is 0 Å². The molecule has 1 aromatic carbocycles. The molecule has 0 spiro atoms. The van der Waals surface area contributed by atoms with Crippen molar-refractivity contribution in [1.82, 2.24) is 19.9 Å². The quantitative estimate of drug-likeness (QED) is 0.725. The standard InChI is InChI=1S/C17H20N4O3/c1-2-24-16(22)9-12-20(13-7-8-13)17(23)14-5-3-4-6-15(14)21-18-10-11-19-21/h3-6,10-11,13H,2,7-9,12H2,1H3. The maximum atomic E-state index is 13.0. The minimum absolute atomic E-state index is 0.102. The second-order valence-electron chi connectivity index (χ2n) is 5.62. The van der Waals surface area contributed by atoms with Crippen molar-refractivity contribution in [2.45, 2.75) is 32.2 Å². The second-order valence-corrected chi connectivity index (χ2v) is 5.62. The Balaban J connectivity index is 1.80. The molecule has 1 fully saturated rings. The van der Waals surface area contributed by atoms with Crippen LogP contribution >= 0.6 is 0 Å². The van der Waals surface area contributed by atoms with Gasteiger partial charge in [-0.15, -0.1) is 0 Å². The van der Waals surface area contributed by atoms with E-state index in [1.54, 1.807) is 30.3 Å². The summed E-state index contributed by atoms with van der Waals surface area (Å²) in [4.78, 5) is 27.8. The summed E-state index contributed by atoms with van der Waals surface area (Å²) in [6, 6.07) is 7.43. The van der Waals surface area contributed by atoms with Crippen LogP contribution < -0.4 is 0 Å². The van der Waals surface area contributed by atoms with Gasteiger partial charge in [-0.05, 0) is 31.9 Å². The van der Waals surface area contributed by atoms with Crippen LogP contribution in [-0.2, 0) is 9.53 Å². The van der Waals surface area contributed by atoms with Gasteiger partial charge in [-0.3, -0.25) is 9.59 Å². The highest BCUT2D eigenvalue weighted by Gasteiger charge is 2.34. The van der Waals surface area contributed by atoms with Crippen molar-refractivity contribution in [3.63, 3.8) is 0 Å². The maximum absolute atomic E-state index is 13.0. The minimum atomic E-state index is -0.280. The summed E-state index contributed by atoms with van der Waals surface area (Å²) in [7, 11) is 0. The Morgan fingerprint density at radius 1 is 1.25 bits per heavy atom. The number of rotatable bonds is 7. The third kappa shape index (κ3) is 3.61. The van der Waals surface area contributed by atoms with E-state index < -0.39 is 0 Å². The summed E-state index contributed by atoms with van der Waals surface area (Å²) >= 11 is 0. The molecule has 126 valence electrons. The van der Waals surface area contributed by atoms with Crippen molar-refractivity contribution < 1.29 is 14.3 Å². The lowest BCUT2D eigenvalue weighted by molar-refractivity contribution is -0.143. The summed E-state index contributed by atoms with van der Waals surface area (Å²) in [5.74, 6) is -0.382. The number of hydrogen-bond donors (Lipinski definition) is 0. The second kappa shape index (κ2) is 7.25. The summed E-state index contributed by atoms with van der Waals surface area (Å²) in [6.07, 6.45) is 5.28. The van der Waals surface area contributed by atoms with Crippen LogP contribution in [0.15, 0.2) is 36.7 Å². The SMILES string of the molecule is CCOC(=O)CCN(C(=O)c1ccccc1-n1nccn1)C1CC1. The molecule has 1 heterocycles. The Hall–Kier alpha value is -2.70. The van der Waals surface area contributed by atoms with Gasteiger partial charge in [0.2, 0.25) is 0 Å². The lowest BCUT2D eigenvalue weighted by atomic mass is 10.1. The van der Waals surface area contributed by atoms with E-state index in [1.165, 1.54) is 4.80 Å². The lowest BCUT2D eigenvalue weighted by Gasteiger charge is -2.23. The van der Waals surface area contributed by atoms with Crippen LogP contribution in [0.1, 0.15) is 36.5 Å². The molecular formula is C17H20N4O3. The van der Waals surface area contributed by atoms with Gasteiger partial charge >= 0.3 is 5.97 Å². The van der Waals surface area contributed by atoms with Gasteiger partial charge in [-0.1, -0.05) is 12.1 Å². The number of benzene rings is 1. The molecule has 3 rings (SSSR count). The lowest BCUT2D eigenvalue weighted by Crippen LogP contribution is -2.35. The number of hydrogen-bond acceptors (Lipinski definition) is 5. The fourth-order valence-electron chi connectivity index (χ4n) is 2.60. The van der Waals surface area contributed by atoms with Gasteiger partial charge < -0.3 is 9.64 Å². The van der Waals surface area contributed by atoms with Crippen LogP contribution in [0.25, 0.3) is 5.69 Å². The van der Waals surface area contributed by atoms with Gasteiger partial charge in [0.25, 0.3) is 5.91 Å². The molecule has 1 aliphatic carbocycles. The number of nitrogens with zero attached hydrogens (tertiary/aromatic N) is 4. The summed E-state index contributed by atoms with van der Waals surface area (Å²) < 4.78 is 4.96. The van der Waals surface area contributed by atoms with Crippen molar-refractivity contribution >= 4 is 11.9 Å². The van der Waals surface area contributed by atoms with Crippen LogP contribution in [-0.4, -0.2) is 51.0 Å². The first-order chi connectivity index (χ1) is 11.7. The molecule has 1 saturated carbocycles. The van der Waals surface area contributed by atoms with E-state index in [1.807, 2.05) is 18.2 Å². The summed E-state index contributed by atoms with van der Waals surface area (Å²) in [5.41, 5.74) is 1.17. The Morgan fingerprint density at radius 2 is 1.96 bits per heavy atom. The highest BCUT2D eigenvalue weighted by atomic mass is 16.5. The zero-order valence-electron chi connectivity index (χ0n) is 13.6. The third-order valence-corrected chi connectivity index (χ3v) is 3.88. The number of carbonyl (C=O) groups is 2. The highest BCUT2D eigenvalue weighted by Crippen LogP contribution is 2.29. The largest absolute Gasteiger partial charge is 0.466 e. The normalized spacial score (nSPS) is 13.5. The first-order valence-electron chi connectivity index (χ1n) is 8.13. The zero-order valence-corrected chi connectivity index (χ0v) is 13.6. The van der Waals surface area contributed by atoms with Gasteiger partial charge in [0, 0.05) is 12.6 Å². The van der Waals surface area contributed by atoms with Crippen molar-refractivity contribution in [3.05, 3.63) is 42.2 Å². The molecule has 0 N–H and O–H groups in total. The Labute approximate surface area is 140 Å². The number of para-hydroxylation sites is 1. The highest BCUT2D eigenvalue weighted by molar-refractivity contribution is 5.98. The molecule has 0 saturated heterocycles. The van der Waals surface area contributed by atoms with Crippen LogP contribution in [0.4, 0.5) is 0 Å². The topological polar surface area (TPSA) is 77.3 Å². The first kappa shape index (κ1) is 16.2. The molecule has 7 heteroatoms. The molecule has 0 unspecified atom stereocenters. The van der Waals surface area contributed by atoms with E-state index in [0.717, 1.165) is 12.8 Å². The smallest absolute Gasteiger partial charge is 0.307 e. The predicted molar refractivity (Wildman–Crippen MR) is 86.7 cm³/mol. The molecule has 0 atom stereocenters. The van der Waals surface area contributed by atoms with Crippen molar-refractivity contribution in [1.29, 1.82) is 0 Å². The fourth-order valence-corrected chi connectivity index (χ4v) is 2.60. The predicted octanol–water partition coefficient (Wildman–Crippen LogP) is 1.83. The molecule has 1 amide bonds. The van der Waals surface area contributed by atoms with E-state index in [4.69, 9.17) is 4.74 Å². The fraction of sp³-hybridized carbons (Fsp3) is 0.412. The van der Waals surface area contributed by atoms with E-state index in [-0.39, 0.29) is 24.3 Å². The van der Waals surface area contributed by atoms with Gasteiger partial charge in [-0.2, -0.15) is 15.0 Å². The minimum Gasteiger partial charge on any atom is -0.466 e. The monoisotopic (exact) mass is 328 g/mol. The van der Waals surface area contributed by atoms with Gasteiger partial charge in [-0.25, -0.2) is 0 Å². The molecule has 24 heavy (non-hydrogen) atoms. The maximum Gasteiger partial charge on any atom is 0.307 e. The van der Waals surface area contributed by atoms with Crippen LogP contribution in [0, 0.1) is 0 Å². The molecule has 0 aliphatic heterocycles. The van der Waals surface area contributed by atoms with Gasteiger partial charge in [0.1, 0.15) is 0 Å². The molecular weight excluding hydrogens is 308 g/mol. The van der Waals surface area contributed by atoms with Gasteiger partial charge in [0.05, 0.1) is 36.7 Å². The Kier molecular flexibility index (Phi) is 4.88. The van der Waals surface area contributed by atoms with Crippen LogP contribution in [0.2, 0.25) is 0 Å². The number of esters is 1. The molecule has 1 aromatic heterocycles. The van der Waals surface area contributed by atoms with Crippen LogP contribution in [0.5, 0.6) is 0 Å². The van der Waals surface area contributed by atoms with E-state index >= 15 is 0 Å². The van der Waals surface area contributed by atoms with E-state index in [2.05, 4.69) is 10.2 Å². The number of aromatic nitrogens is 3. The number of amides is 1. The Morgan fingerprint density at radius 3 is 2.62 bits per heavy atom. The number of ether oxygens (including phenoxy) is 1. The van der Waals surface area contributed by atoms with Gasteiger partial charge in [0.15, 0.2) is 0 Å². The third-order valence-electron chi connectivity index (χ3n) is 3.88. The summed E-state index contributed by atoms with van der Waals surface area (Å²) in [6.45, 7) is 2.49. The van der Waals surface area contributed by atoms with Crippen molar-refractivity contribution in [3.8, 4) is 5.69 Å². The molecule has 0 radical (unpaired) electrons. The average molecular weight is 328 g/mol. The average Bonchev–Trinajstić information content (AvgIpc) is 3.28.